The van der Waals surface area contributed by atoms with Gasteiger partial charge in [0.15, 0.2) is 0 Å². The topological polar surface area (TPSA) is 9.23 Å². The average Bonchev–Trinajstić information content (AvgIpc) is 3.49. The minimum atomic E-state index is -0.226. The molecule has 274 valence electrons. The van der Waals surface area contributed by atoms with Gasteiger partial charge in [-0.1, -0.05) is 174 Å². The van der Waals surface area contributed by atoms with Gasteiger partial charge >= 0.3 is 0 Å². The summed E-state index contributed by atoms with van der Waals surface area (Å²) in [5, 5.41) is 3.06. The molecular formula is C54H52O. The Morgan fingerprint density at radius 1 is 0.473 bits per heavy atom. The molecule has 0 radical (unpaired) electrons. The lowest BCUT2D eigenvalue weighted by Gasteiger charge is -2.44. The molecule has 7 aromatic carbocycles. The summed E-state index contributed by atoms with van der Waals surface area (Å²) in [5.74, 6) is 0.994. The molecule has 1 saturated carbocycles. The summed E-state index contributed by atoms with van der Waals surface area (Å²) in [6, 6.07) is 38.2. The van der Waals surface area contributed by atoms with E-state index in [2.05, 4.69) is 145 Å². The lowest BCUT2D eigenvalue weighted by Crippen LogP contribution is -2.49. The molecule has 1 heteroatoms. The molecule has 7 aromatic rings. The Hall–Kier alpha value is -5.14. The lowest BCUT2D eigenvalue weighted by atomic mass is 9.60. The van der Waals surface area contributed by atoms with Crippen LogP contribution >= 0.6 is 0 Å². The van der Waals surface area contributed by atoms with Crippen LogP contribution in [0.15, 0.2) is 133 Å². The van der Waals surface area contributed by atoms with Crippen molar-refractivity contribution in [2.24, 2.45) is 0 Å². The normalized spacial score (nSPS) is 23.2. The zero-order chi connectivity index (χ0) is 41.2. The van der Waals surface area contributed by atoms with Crippen LogP contribution < -0.4 is 4.74 Å². The number of ether oxygens (including phenoxy) is 1. The first-order chi connectivity index (χ1) is 28.2. The Bertz CT molecular complexity index is 2870. The van der Waals surface area contributed by atoms with Crippen LogP contribution in [-0.4, -0.2) is 5.60 Å². The van der Waals surface area contributed by atoms with Crippen LogP contribution in [0, 0.1) is 0 Å². The largest absolute Gasteiger partial charge is 0.486 e. The molecule has 0 amide bonds. The zero-order valence-electron chi connectivity index (χ0n) is 37.0. The molecule has 0 aromatic heterocycles. The van der Waals surface area contributed by atoms with Gasteiger partial charge in [-0.05, 0) is 121 Å². The summed E-state index contributed by atoms with van der Waals surface area (Å²) in [6.45, 7) is 14.0. The first-order valence-corrected chi connectivity index (χ1v) is 20.3. The molecule has 10 rings (SSSR count). The molecule has 0 spiro atoms. The van der Waals surface area contributed by atoms with E-state index in [-0.39, 0.29) is 46.0 Å². The van der Waals surface area contributed by atoms with Crippen molar-refractivity contribution in [3.05, 3.63) is 150 Å². The van der Waals surface area contributed by atoms with Gasteiger partial charge in [0, 0.05) is 16.5 Å². The van der Waals surface area contributed by atoms with Crippen LogP contribution in [0.2, 0.25) is 0 Å². The summed E-state index contributed by atoms with van der Waals surface area (Å²) >= 11 is 0. The molecule has 0 bridgehead atoms. The smallest absolute Gasteiger partial charge is 0.131 e. The molecule has 0 N–H and O–H groups in total. The zero-order valence-corrected chi connectivity index (χ0v) is 33.0. The number of hydrogen-bond acceptors (Lipinski definition) is 1. The molecule has 0 saturated heterocycles. The van der Waals surface area contributed by atoms with Gasteiger partial charge in [-0.15, -0.1) is 0 Å². The minimum Gasteiger partial charge on any atom is -0.486 e. The van der Waals surface area contributed by atoms with Crippen molar-refractivity contribution in [2.45, 2.75) is 102 Å². The Labute approximate surface area is 333 Å². The van der Waals surface area contributed by atoms with Crippen molar-refractivity contribution in [3.8, 4) is 50.3 Å². The molecule has 1 nitrogen and oxygen atoms in total. The third-order valence-electron chi connectivity index (χ3n) is 14.1. The van der Waals surface area contributed by atoms with Crippen molar-refractivity contribution in [1.29, 1.82) is 0 Å². The van der Waals surface area contributed by atoms with Crippen molar-refractivity contribution < 1.29 is 10.2 Å². The van der Waals surface area contributed by atoms with E-state index in [9.17, 15) is 2.74 Å². The number of rotatable bonds is 4. The standard InChI is InChI=1S/C54H52O/c1-51(2)33-34-52(3,4)49-44(51)30-29-38(35-17-8-7-9-18-35)48(49)47-42-21-12-10-19-40(42)46(41-20-11-13-22-43(41)47)37-27-25-36(26-28-37)39-23-16-24-45-50(39)55-54(6)32-15-14-31-53(45,54)5/h7-13,16-30H,14-15,31-34H2,1-6H3/i10D,12D,19D,21D. The molecule has 55 heavy (non-hydrogen) atoms. The van der Waals surface area contributed by atoms with Crippen molar-refractivity contribution in [1.82, 2.24) is 0 Å². The van der Waals surface area contributed by atoms with Crippen LogP contribution in [0.3, 0.4) is 0 Å². The lowest BCUT2D eigenvalue weighted by molar-refractivity contribution is 0.00769. The Balaban J connectivity index is 1.27. The minimum absolute atomic E-state index is 0.00966. The van der Waals surface area contributed by atoms with Crippen molar-refractivity contribution in [3.63, 3.8) is 0 Å². The third-order valence-corrected chi connectivity index (χ3v) is 14.1. The highest BCUT2D eigenvalue weighted by atomic mass is 16.5. The summed E-state index contributed by atoms with van der Waals surface area (Å²) in [7, 11) is 0. The van der Waals surface area contributed by atoms with Crippen LogP contribution in [0.1, 0.15) is 102 Å². The monoisotopic (exact) mass is 720 g/mol. The number of para-hydroxylation sites is 1. The summed E-state index contributed by atoms with van der Waals surface area (Å²) in [6.07, 6.45) is 6.62. The van der Waals surface area contributed by atoms with E-state index in [1.807, 2.05) is 6.07 Å². The van der Waals surface area contributed by atoms with Crippen LogP contribution in [-0.2, 0) is 16.2 Å². The summed E-state index contributed by atoms with van der Waals surface area (Å²) < 4.78 is 44.6. The van der Waals surface area contributed by atoms with E-state index < -0.39 is 0 Å². The van der Waals surface area contributed by atoms with Gasteiger partial charge < -0.3 is 4.74 Å². The van der Waals surface area contributed by atoms with Crippen LogP contribution in [0.25, 0.3) is 66.1 Å². The van der Waals surface area contributed by atoms with Crippen molar-refractivity contribution >= 4 is 21.5 Å². The predicted octanol–water partition coefficient (Wildman–Crippen LogP) is 15.0. The molecule has 1 aliphatic heterocycles. The van der Waals surface area contributed by atoms with E-state index in [4.69, 9.17) is 7.48 Å². The second kappa shape index (κ2) is 12.2. The first-order valence-electron chi connectivity index (χ1n) is 22.3. The van der Waals surface area contributed by atoms with Gasteiger partial charge in [0.1, 0.15) is 11.4 Å². The Kier molecular flexibility index (Phi) is 6.67. The van der Waals surface area contributed by atoms with Gasteiger partial charge in [0.25, 0.3) is 0 Å². The molecule has 2 atom stereocenters. The molecule has 2 unspecified atom stereocenters. The second-order valence-electron chi connectivity index (χ2n) is 18.2. The number of hydrogen-bond donors (Lipinski definition) is 0. The van der Waals surface area contributed by atoms with Crippen molar-refractivity contribution in [2.75, 3.05) is 0 Å². The molecule has 3 aliphatic rings. The maximum absolute atomic E-state index is 9.76. The van der Waals surface area contributed by atoms with Crippen LogP contribution in [0.5, 0.6) is 5.75 Å². The first kappa shape index (κ1) is 30.1. The van der Waals surface area contributed by atoms with Gasteiger partial charge in [0.2, 0.25) is 0 Å². The fraction of sp³-hybridized carbons (Fsp3) is 0.296. The van der Waals surface area contributed by atoms with E-state index >= 15 is 0 Å². The van der Waals surface area contributed by atoms with Gasteiger partial charge in [-0.2, -0.15) is 0 Å². The highest BCUT2D eigenvalue weighted by Gasteiger charge is 2.55. The highest BCUT2D eigenvalue weighted by molar-refractivity contribution is 6.23. The summed E-state index contributed by atoms with van der Waals surface area (Å²) in [4.78, 5) is 0. The number of fused-ring (bicyclic) bond motifs is 6. The van der Waals surface area contributed by atoms with Gasteiger partial charge in [-0.3, -0.25) is 0 Å². The maximum atomic E-state index is 9.76. The van der Waals surface area contributed by atoms with E-state index in [1.165, 1.54) is 29.5 Å². The van der Waals surface area contributed by atoms with E-state index in [1.54, 1.807) is 0 Å². The molecule has 1 fully saturated rings. The molecular weight excluding hydrogens is 665 g/mol. The molecule has 1 heterocycles. The Morgan fingerprint density at radius 2 is 1.09 bits per heavy atom. The average molecular weight is 721 g/mol. The SMILES string of the molecule is [2H]c1c([2H])c([2H])c2c(-c3c(-c4ccccc4)ccc4c3C(C)(C)CCC4(C)C)c3ccccc3c(-c3ccc(-c4cccc5c4OC4(C)CCCCC54C)cc3)c2c1[2H]. The fourth-order valence-electron chi connectivity index (χ4n) is 10.7. The third kappa shape index (κ3) is 5.04. The van der Waals surface area contributed by atoms with Gasteiger partial charge in [-0.25, -0.2) is 0 Å². The quantitative estimate of drug-likeness (QED) is 0.165. The number of benzene rings is 7. The highest BCUT2D eigenvalue weighted by Crippen LogP contribution is 2.59. The van der Waals surface area contributed by atoms with Gasteiger partial charge in [0.05, 0.1) is 5.48 Å². The Morgan fingerprint density at radius 3 is 1.84 bits per heavy atom. The maximum Gasteiger partial charge on any atom is 0.131 e. The predicted molar refractivity (Wildman–Crippen MR) is 233 cm³/mol. The van der Waals surface area contributed by atoms with Crippen LogP contribution in [0.4, 0.5) is 0 Å². The van der Waals surface area contributed by atoms with E-state index in [0.717, 1.165) is 86.7 Å². The molecule has 2 aliphatic carbocycles. The van der Waals surface area contributed by atoms with E-state index in [0.29, 0.717) is 10.8 Å². The second-order valence-corrected chi connectivity index (χ2v) is 18.2. The summed E-state index contributed by atoms with van der Waals surface area (Å²) in [5.41, 5.74) is 11.4. The fourth-order valence-corrected chi connectivity index (χ4v) is 10.7.